The average Bonchev–Trinajstić information content (AvgIpc) is 3.10. The summed E-state index contributed by atoms with van der Waals surface area (Å²) in [6.45, 7) is 3.55. The first-order valence-electron chi connectivity index (χ1n) is 7.85. The van der Waals surface area contributed by atoms with E-state index in [2.05, 4.69) is 12.1 Å². The fourth-order valence-corrected chi connectivity index (χ4v) is 2.81. The van der Waals surface area contributed by atoms with Crippen LogP contribution < -0.4 is 4.74 Å². The summed E-state index contributed by atoms with van der Waals surface area (Å²) in [5.74, 6) is 0.823. The Morgan fingerprint density at radius 1 is 0.955 bits per heavy atom. The Bertz CT molecular complexity index is 616. The van der Waals surface area contributed by atoms with Gasteiger partial charge in [0.25, 0.3) is 5.91 Å². The smallest absolute Gasteiger partial charge is 0.263 e. The molecule has 1 fully saturated rings. The Labute approximate surface area is 131 Å². The average molecular weight is 295 g/mol. The number of carbonyl (C=O) groups excluding carboxylic acids is 1. The molecule has 22 heavy (non-hydrogen) atoms. The zero-order valence-corrected chi connectivity index (χ0v) is 12.9. The number of likely N-dealkylation sites (tertiary alicyclic amines) is 1. The third kappa shape index (κ3) is 3.30. The van der Waals surface area contributed by atoms with Crippen LogP contribution in [-0.2, 0) is 4.79 Å². The second-order valence-electron chi connectivity index (χ2n) is 5.68. The fourth-order valence-electron chi connectivity index (χ4n) is 2.81. The second kappa shape index (κ2) is 6.65. The maximum absolute atomic E-state index is 12.2. The molecule has 0 N–H and O–H groups in total. The van der Waals surface area contributed by atoms with Crippen LogP contribution in [0.15, 0.2) is 54.6 Å². The van der Waals surface area contributed by atoms with E-state index in [1.165, 1.54) is 5.56 Å². The summed E-state index contributed by atoms with van der Waals surface area (Å²) < 4.78 is 5.79. The van der Waals surface area contributed by atoms with Crippen LogP contribution >= 0.6 is 0 Å². The Balaban J connectivity index is 1.64. The van der Waals surface area contributed by atoms with Crippen LogP contribution in [0, 0.1) is 0 Å². The molecule has 114 valence electrons. The Hall–Kier alpha value is -2.29. The highest BCUT2D eigenvalue weighted by Gasteiger charge is 2.24. The van der Waals surface area contributed by atoms with Gasteiger partial charge >= 0.3 is 0 Å². The van der Waals surface area contributed by atoms with Crippen LogP contribution in [0.1, 0.15) is 19.8 Å². The number of carbonyl (C=O) groups is 1. The van der Waals surface area contributed by atoms with Crippen molar-refractivity contribution < 1.29 is 9.53 Å². The van der Waals surface area contributed by atoms with Crippen LogP contribution in [-0.4, -0.2) is 30.0 Å². The van der Waals surface area contributed by atoms with Gasteiger partial charge in [-0.1, -0.05) is 42.5 Å². The summed E-state index contributed by atoms with van der Waals surface area (Å²) in [5, 5.41) is 0. The predicted octanol–water partition coefficient (Wildman–Crippen LogP) is 3.74. The zero-order valence-electron chi connectivity index (χ0n) is 12.9. The number of amides is 1. The van der Waals surface area contributed by atoms with Crippen molar-refractivity contribution in [2.75, 3.05) is 13.1 Å². The van der Waals surface area contributed by atoms with E-state index >= 15 is 0 Å². The first-order chi connectivity index (χ1) is 10.7. The molecule has 3 nitrogen and oxygen atoms in total. The summed E-state index contributed by atoms with van der Waals surface area (Å²) in [6.07, 6.45) is 1.77. The number of rotatable bonds is 4. The highest BCUT2D eigenvalue weighted by atomic mass is 16.5. The SMILES string of the molecule is CC(Oc1ccc(-c2ccccc2)cc1)C(=O)N1CCCC1. The number of nitrogens with zero attached hydrogens (tertiary/aromatic N) is 1. The van der Waals surface area contributed by atoms with Gasteiger partial charge in [0.05, 0.1) is 0 Å². The van der Waals surface area contributed by atoms with Gasteiger partial charge < -0.3 is 9.64 Å². The van der Waals surface area contributed by atoms with E-state index in [0.29, 0.717) is 0 Å². The minimum atomic E-state index is -0.430. The van der Waals surface area contributed by atoms with Crippen LogP contribution in [0.3, 0.4) is 0 Å². The standard InChI is InChI=1S/C19H21NO2/c1-15(19(21)20-13-5-6-14-20)22-18-11-9-17(10-12-18)16-7-3-2-4-8-16/h2-4,7-12,15H,5-6,13-14H2,1H3. The molecule has 0 aromatic heterocycles. The van der Waals surface area contributed by atoms with E-state index in [0.717, 1.165) is 37.2 Å². The molecule has 0 aliphatic carbocycles. The van der Waals surface area contributed by atoms with Gasteiger partial charge in [0.2, 0.25) is 0 Å². The Kier molecular flexibility index (Phi) is 4.42. The van der Waals surface area contributed by atoms with E-state index in [9.17, 15) is 4.79 Å². The van der Waals surface area contributed by atoms with Crippen molar-refractivity contribution in [3.05, 3.63) is 54.6 Å². The van der Waals surface area contributed by atoms with E-state index in [-0.39, 0.29) is 5.91 Å². The van der Waals surface area contributed by atoms with Gasteiger partial charge in [0.1, 0.15) is 5.75 Å². The maximum Gasteiger partial charge on any atom is 0.263 e. The molecule has 1 amide bonds. The molecule has 1 aliphatic rings. The van der Waals surface area contributed by atoms with Crippen molar-refractivity contribution >= 4 is 5.91 Å². The van der Waals surface area contributed by atoms with Crippen molar-refractivity contribution in [3.63, 3.8) is 0 Å². The van der Waals surface area contributed by atoms with Gasteiger partial charge in [0, 0.05) is 13.1 Å². The zero-order chi connectivity index (χ0) is 15.4. The van der Waals surface area contributed by atoms with Gasteiger partial charge in [-0.05, 0) is 43.0 Å². The predicted molar refractivity (Wildman–Crippen MR) is 87.8 cm³/mol. The lowest BCUT2D eigenvalue weighted by Crippen LogP contribution is -2.38. The normalized spacial score (nSPS) is 15.6. The lowest BCUT2D eigenvalue weighted by atomic mass is 10.1. The van der Waals surface area contributed by atoms with Crippen molar-refractivity contribution in [3.8, 4) is 16.9 Å². The summed E-state index contributed by atoms with van der Waals surface area (Å²) in [5.41, 5.74) is 2.32. The van der Waals surface area contributed by atoms with Crippen LogP contribution in [0.5, 0.6) is 5.75 Å². The first kappa shape index (κ1) is 14.6. The van der Waals surface area contributed by atoms with Crippen LogP contribution in [0.25, 0.3) is 11.1 Å². The fraction of sp³-hybridized carbons (Fsp3) is 0.316. The summed E-state index contributed by atoms with van der Waals surface area (Å²) in [6, 6.07) is 18.1. The molecule has 1 atom stereocenters. The van der Waals surface area contributed by atoms with Gasteiger partial charge in [0.15, 0.2) is 6.10 Å². The quantitative estimate of drug-likeness (QED) is 0.860. The van der Waals surface area contributed by atoms with E-state index in [1.807, 2.05) is 54.3 Å². The van der Waals surface area contributed by atoms with Crippen molar-refractivity contribution in [1.29, 1.82) is 0 Å². The molecule has 0 radical (unpaired) electrons. The molecule has 3 heteroatoms. The molecule has 1 saturated heterocycles. The van der Waals surface area contributed by atoms with Crippen molar-refractivity contribution in [2.45, 2.75) is 25.9 Å². The molecular weight excluding hydrogens is 274 g/mol. The largest absolute Gasteiger partial charge is 0.481 e. The number of hydrogen-bond acceptors (Lipinski definition) is 2. The van der Waals surface area contributed by atoms with Gasteiger partial charge in [-0.25, -0.2) is 0 Å². The lowest BCUT2D eigenvalue weighted by Gasteiger charge is -2.21. The lowest BCUT2D eigenvalue weighted by molar-refractivity contribution is -0.136. The van der Waals surface area contributed by atoms with Crippen LogP contribution in [0.4, 0.5) is 0 Å². The third-order valence-corrected chi connectivity index (χ3v) is 4.04. The van der Waals surface area contributed by atoms with Gasteiger partial charge in [-0.3, -0.25) is 4.79 Å². The summed E-state index contributed by atoms with van der Waals surface area (Å²) >= 11 is 0. The molecule has 1 heterocycles. The Morgan fingerprint density at radius 2 is 1.55 bits per heavy atom. The molecular formula is C19H21NO2. The van der Waals surface area contributed by atoms with Crippen molar-refractivity contribution in [2.24, 2.45) is 0 Å². The summed E-state index contributed by atoms with van der Waals surface area (Å²) in [4.78, 5) is 14.1. The minimum absolute atomic E-state index is 0.0876. The van der Waals surface area contributed by atoms with E-state index < -0.39 is 6.10 Å². The number of hydrogen-bond donors (Lipinski definition) is 0. The minimum Gasteiger partial charge on any atom is -0.481 e. The molecule has 0 spiro atoms. The number of benzene rings is 2. The first-order valence-corrected chi connectivity index (χ1v) is 7.85. The van der Waals surface area contributed by atoms with E-state index in [4.69, 9.17) is 4.74 Å². The second-order valence-corrected chi connectivity index (χ2v) is 5.68. The molecule has 2 aromatic carbocycles. The highest BCUT2D eigenvalue weighted by Crippen LogP contribution is 2.23. The topological polar surface area (TPSA) is 29.5 Å². The Morgan fingerprint density at radius 3 is 2.18 bits per heavy atom. The molecule has 1 unspecified atom stereocenters. The third-order valence-electron chi connectivity index (χ3n) is 4.04. The maximum atomic E-state index is 12.2. The molecule has 0 saturated carbocycles. The van der Waals surface area contributed by atoms with Crippen LogP contribution in [0.2, 0.25) is 0 Å². The molecule has 3 rings (SSSR count). The van der Waals surface area contributed by atoms with Gasteiger partial charge in [-0.2, -0.15) is 0 Å². The number of ether oxygens (including phenoxy) is 1. The molecule has 0 bridgehead atoms. The monoisotopic (exact) mass is 295 g/mol. The molecule has 2 aromatic rings. The molecule has 1 aliphatic heterocycles. The summed E-state index contributed by atoms with van der Waals surface area (Å²) in [7, 11) is 0. The van der Waals surface area contributed by atoms with Gasteiger partial charge in [-0.15, -0.1) is 0 Å². The van der Waals surface area contributed by atoms with Crippen molar-refractivity contribution in [1.82, 2.24) is 4.90 Å². The van der Waals surface area contributed by atoms with E-state index in [1.54, 1.807) is 0 Å². The highest BCUT2D eigenvalue weighted by molar-refractivity contribution is 5.81.